The highest BCUT2D eigenvalue weighted by Gasteiger charge is 2.23. The smallest absolute Gasteiger partial charge is 0.168 e. The van der Waals surface area contributed by atoms with Crippen molar-refractivity contribution in [3.05, 3.63) is 170 Å². The van der Waals surface area contributed by atoms with Crippen molar-refractivity contribution in [2.75, 3.05) is 0 Å². The second-order valence-electron chi connectivity index (χ2n) is 13.2. The van der Waals surface area contributed by atoms with Crippen LogP contribution in [-0.4, -0.2) is 19.5 Å². The van der Waals surface area contributed by atoms with E-state index in [2.05, 4.69) is 144 Å². The molecule has 0 N–H and O–H groups in total. The number of hydrogen-bond acceptors (Lipinski definition) is 4. The largest absolute Gasteiger partial charge is 0.453 e. The zero-order chi connectivity index (χ0) is 34.2. The average molecular weight is 665 g/mol. The molecule has 11 rings (SSSR count). The number of furan rings is 1. The van der Waals surface area contributed by atoms with Crippen LogP contribution in [0.2, 0.25) is 0 Å². The van der Waals surface area contributed by atoms with Gasteiger partial charge in [-0.05, 0) is 45.8 Å². The standard InChI is InChI=1S/C47H28N4O/c1-2-15-30(16-3-1)45-48-46(37-24-12-18-29-14-4-6-19-32(29)37)50-47(49-45)42-33-20-7-5-17-31(33)28-38-36-23-13-27-41(43(36)52-44(38)42)51-39-25-10-8-21-34(39)35-22-9-11-26-40(35)51/h1-28H. The molecule has 0 aliphatic rings. The zero-order valence-corrected chi connectivity index (χ0v) is 27.9. The number of benzene rings is 8. The molecule has 0 saturated carbocycles. The van der Waals surface area contributed by atoms with E-state index in [9.17, 15) is 0 Å². The van der Waals surface area contributed by atoms with Gasteiger partial charge in [-0.2, -0.15) is 0 Å². The Balaban J connectivity index is 1.25. The lowest BCUT2D eigenvalue weighted by molar-refractivity contribution is 0.667. The summed E-state index contributed by atoms with van der Waals surface area (Å²) in [7, 11) is 0. The molecule has 0 saturated heterocycles. The highest BCUT2D eigenvalue weighted by atomic mass is 16.3. The number of aromatic nitrogens is 4. The highest BCUT2D eigenvalue weighted by Crippen LogP contribution is 2.44. The van der Waals surface area contributed by atoms with Gasteiger partial charge in [0.2, 0.25) is 0 Å². The first-order valence-corrected chi connectivity index (χ1v) is 17.5. The van der Waals surface area contributed by atoms with E-state index in [-0.39, 0.29) is 0 Å². The summed E-state index contributed by atoms with van der Waals surface area (Å²) in [6.07, 6.45) is 0. The van der Waals surface area contributed by atoms with Crippen LogP contribution in [0.15, 0.2) is 174 Å². The first kappa shape index (κ1) is 28.7. The van der Waals surface area contributed by atoms with Gasteiger partial charge in [0.15, 0.2) is 23.1 Å². The van der Waals surface area contributed by atoms with Crippen LogP contribution in [0.25, 0.3) is 105 Å². The Hall–Kier alpha value is -7.11. The van der Waals surface area contributed by atoms with E-state index >= 15 is 0 Å². The van der Waals surface area contributed by atoms with Crippen LogP contribution in [0.3, 0.4) is 0 Å². The Morgan fingerprint density at radius 1 is 0.385 bits per heavy atom. The average Bonchev–Trinajstić information content (AvgIpc) is 3.75. The van der Waals surface area contributed by atoms with Crippen molar-refractivity contribution in [1.29, 1.82) is 0 Å². The maximum Gasteiger partial charge on any atom is 0.168 e. The van der Waals surface area contributed by atoms with Crippen molar-refractivity contribution in [2.24, 2.45) is 0 Å². The Morgan fingerprint density at radius 2 is 0.962 bits per heavy atom. The molecule has 0 spiro atoms. The molecule has 0 fully saturated rings. The van der Waals surface area contributed by atoms with Crippen molar-refractivity contribution in [3.63, 3.8) is 0 Å². The van der Waals surface area contributed by atoms with Crippen molar-refractivity contribution in [3.8, 4) is 39.9 Å². The van der Waals surface area contributed by atoms with E-state index in [1.807, 2.05) is 30.3 Å². The lowest BCUT2D eigenvalue weighted by atomic mass is 9.99. The molecular formula is C47H28N4O. The fourth-order valence-electron chi connectivity index (χ4n) is 7.91. The molecule has 0 atom stereocenters. The van der Waals surface area contributed by atoms with Gasteiger partial charge in [0, 0.05) is 32.7 Å². The molecule has 5 nitrogen and oxygen atoms in total. The summed E-state index contributed by atoms with van der Waals surface area (Å²) in [5.74, 6) is 1.79. The summed E-state index contributed by atoms with van der Waals surface area (Å²) in [5.41, 5.74) is 7.52. The Kier molecular flexibility index (Phi) is 6.18. The van der Waals surface area contributed by atoms with Gasteiger partial charge in [0.1, 0.15) is 5.58 Å². The molecule has 0 aliphatic heterocycles. The second kappa shape index (κ2) is 11.2. The van der Waals surface area contributed by atoms with Crippen LogP contribution < -0.4 is 0 Å². The Bertz CT molecular complexity index is 3140. The summed E-state index contributed by atoms with van der Waals surface area (Å²) in [6.45, 7) is 0. The number of para-hydroxylation sites is 3. The maximum atomic E-state index is 7.14. The predicted molar refractivity (Wildman–Crippen MR) is 213 cm³/mol. The molecule has 0 unspecified atom stereocenters. The van der Waals surface area contributed by atoms with E-state index in [0.29, 0.717) is 17.5 Å². The number of nitrogens with zero attached hydrogens (tertiary/aromatic N) is 4. The van der Waals surface area contributed by atoms with E-state index in [4.69, 9.17) is 19.4 Å². The molecule has 0 bridgehead atoms. The normalized spacial score (nSPS) is 11.8. The summed E-state index contributed by atoms with van der Waals surface area (Å²) in [4.78, 5) is 15.6. The molecule has 0 amide bonds. The molecule has 242 valence electrons. The fraction of sp³-hybridized carbons (Fsp3) is 0. The summed E-state index contributed by atoms with van der Waals surface area (Å²) < 4.78 is 9.46. The van der Waals surface area contributed by atoms with Crippen LogP contribution in [-0.2, 0) is 0 Å². The molecular weight excluding hydrogens is 637 g/mol. The monoisotopic (exact) mass is 664 g/mol. The molecule has 52 heavy (non-hydrogen) atoms. The summed E-state index contributed by atoms with van der Waals surface area (Å²) in [5, 5.41) is 8.78. The van der Waals surface area contributed by atoms with Crippen LogP contribution in [0.1, 0.15) is 0 Å². The fourth-order valence-corrected chi connectivity index (χ4v) is 7.91. The van der Waals surface area contributed by atoms with Crippen LogP contribution >= 0.6 is 0 Å². The van der Waals surface area contributed by atoms with Crippen molar-refractivity contribution >= 4 is 65.3 Å². The lowest BCUT2D eigenvalue weighted by Crippen LogP contribution is -2.01. The molecule has 5 heteroatoms. The minimum atomic E-state index is 0.566. The molecule has 3 aromatic heterocycles. The van der Waals surface area contributed by atoms with E-state index in [1.54, 1.807) is 0 Å². The number of hydrogen-bond donors (Lipinski definition) is 0. The first-order valence-electron chi connectivity index (χ1n) is 17.5. The third-order valence-electron chi connectivity index (χ3n) is 10.2. The molecule has 11 aromatic rings. The van der Waals surface area contributed by atoms with Crippen LogP contribution in [0.5, 0.6) is 0 Å². The van der Waals surface area contributed by atoms with E-state index < -0.39 is 0 Å². The van der Waals surface area contributed by atoms with Crippen LogP contribution in [0.4, 0.5) is 0 Å². The molecule has 0 aliphatic carbocycles. The predicted octanol–water partition coefficient (Wildman–Crippen LogP) is 12.2. The van der Waals surface area contributed by atoms with E-state index in [1.165, 1.54) is 10.8 Å². The third kappa shape index (κ3) is 4.26. The van der Waals surface area contributed by atoms with Gasteiger partial charge in [-0.1, -0.05) is 146 Å². The van der Waals surface area contributed by atoms with Crippen molar-refractivity contribution in [2.45, 2.75) is 0 Å². The first-order chi connectivity index (χ1) is 25.8. The van der Waals surface area contributed by atoms with Gasteiger partial charge in [0.25, 0.3) is 0 Å². The number of fused-ring (bicyclic) bond motifs is 8. The minimum Gasteiger partial charge on any atom is -0.453 e. The second-order valence-corrected chi connectivity index (χ2v) is 13.2. The highest BCUT2D eigenvalue weighted by molar-refractivity contribution is 6.19. The zero-order valence-electron chi connectivity index (χ0n) is 27.9. The van der Waals surface area contributed by atoms with Crippen molar-refractivity contribution in [1.82, 2.24) is 19.5 Å². The van der Waals surface area contributed by atoms with Gasteiger partial charge in [-0.25, -0.2) is 15.0 Å². The lowest BCUT2D eigenvalue weighted by Gasteiger charge is -2.12. The molecule has 8 aromatic carbocycles. The van der Waals surface area contributed by atoms with Gasteiger partial charge >= 0.3 is 0 Å². The SMILES string of the molecule is c1ccc(-c2nc(-c3cccc4ccccc34)nc(-c3c4ccccc4cc4c3oc3c(-n5c6ccccc6c6ccccc65)cccc34)n2)cc1. The quantitative estimate of drug-likeness (QED) is 0.188. The van der Waals surface area contributed by atoms with Gasteiger partial charge in [-0.15, -0.1) is 0 Å². The van der Waals surface area contributed by atoms with Gasteiger partial charge in [0.05, 0.1) is 22.3 Å². The summed E-state index contributed by atoms with van der Waals surface area (Å²) >= 11 is 0. The van der Waals surface area contributed by atoms with Crippen LogP contribution in [0, 0.1) is 0 Å². The third-order valence-corrected chi connectivity index (χ3v) is 10.2. The van der Waals surface area contributed by atoms with Crippen molar-refractivity contribution < 1.29 is 4.42 Å². The topological polar surface area (TPSA) is 56.7 Å². The minimum absolute atomic E-state index is 0.566. The molecule has 3 heterocycles. The van der Waals surface area contributed by atoms with E-state index in [0.717, 1.165) is 76.9 Å². The Morgan fingerprint density at radius 3 is 1.75 bits per heavy atom. The maximum absolute atomic E-state index is 7.14. The van der Waals surface area contributed by atoms with Gasteiger partial charge in [-0.3, -0.25) is 0 Å². The number of rotatable bonds is 4. The summed E-state index contributed by atoms with van der Waals surface area (Å²) in [6, 6.07) is 59.0. The molecule has 0 radical (unpaired) electrons. The van der Waals surface area contributed by atoms with Gasteiger partial charge < -0.3 is 8.98 Å². The Labute approximate surface area is 298 Å².